The average molecular weight is 807 g/mol. The minimum Gasteiger partial charge on any atom is -0.748 e. The van der Waals surface area contributed by atoms with Gasteiger partial charge in [-0.15, -0.1) is 6.42 Å². The molecule has 0 bridgehead atoms. The van der Waals surface area contributed by atoms with E-state index in [4.69, 9.17) is 16.2 Å². The first-order valence-corrected chi connectivity index (χ1v) is 18.6. The van der Waals surface area contributed by atoms with Gasteiger partial charge < -0.3 is 34.4 Å². The Kier molecular flexibility index (Phi) is 13.1. The van der Waals surface area contributed by atoms with Gasteiger partial charge in [0.2, 0.25) is 0 Å². The van der Waals surface area contributed by atoms with E-state index in [2.05, 4.69) is 16.6 Å². The third kappa shape index (κ3) is 9.70. The molecule has 3 aliphatic rings. The summed E-state index contributed by atoms with van der Waals surface area (Å²) in [6.45, 7) is 6.94. The van der Waals surface area contributed by atoms with Crippen LogP contribution >= 0.6 is 0 Å². The van der Waals surface area contributed by atoms with Crippen molar-refractivity contribution in [3.8, 4) is 23.8 Å². The first-order chi connectivity index (χ1) is 23.6. The Labute approximate surface area is 391 Å². The Bertz CT molecular complexity index is 2560. The van der Waals surface area contributed by atoms with Crippen molar-refractivity contribution in [1.82, 2.24) is 5.32 Å². The summed E-state index contributed by atoms with van der Waals surface area (Å²) < 4.78 is 78.4. The zero-order valence-electron chi connectivity index (χ0n) is 29.7. The van der Waals surface area contributed by atoms with Gasteiger partial charge in [0.05, 0.1) is 60.7 Å². The first kappa shape index (κ1) is 43.7. The number of carboxylic acids is 1. The predicted octanol–water partition coefficient (Wildman–Crippen LogP) is -4.75. The molecular formula is C36H30K2N3O10S2-. The summed E-state index contributed by atoms with van der Waals surface area (Å²) in [4.78, 5) is 30.2. The van der Waals surface area contributed by atoms with E-state index in [1.54, 1.807) is 64.1 Å². The summed E-state index contributed by atoms with van der Waals surface area (Å²) in [5, 5.41) is 19.1. The Morgan fingerprint density at radius 2 is 1.51 bits per heavy atom. The molecule has 0 atom stereocenters. The van der Waals surface area contributed by atoms with Gasteiger partial charge in [-0.3, -0.25) is 9.79 Å². The molecule has 1 amide bonds. The second kappa shape index (κ2) is 15.9. The summed E-state index contributed by atoms with van der Waals surface area (Å²) in [7, 11) is -9.50. The number of nitrogens with one attached hydrogen (secondary N) is 2. The maximum absolute atomic E-state index is 12.8. The van der Waals surface area contributed by atoms with Gasteiger partial charge in [-0.25, -0.2) is 16.8 Å². The van der Waals surface area contributed by atoms with Gasteiger partial charge in [0, 0.05) is 56.4 Å². The Morgan fingerprint density at radius 3 is 2.11 bits per heavy atom. The second-order valence-electron chi connectivity index (χ2n) is 13.5. The summed E-state index contributed by atoms with van der Waals surface area (Å²) in [5.41, 5.74) is -0.0607. The number of amides is 1. The van der Waals surface area contributed by atoms with Crippen LogP contribution in [0.5, 0.6) is 11.5 Å². The monoisotopic (exact) mass is 806 g/mol. The number of carboxylic acid groups (broad SMARTS) is 1. The van der Waals surface area contributed by atoms with Crippen molar-refractivity contribution in [3.05, 3.63) is 98.6 Å². The molecule has 0 saturated carbocycles. The van der Waals surface area contributed by atoms with E-state index in [1.165, 1.54) is 12.1 Å². The predicted molar refractivity (Wildman–Crippen MR) is 184 cm³/mol. The maximum Gasteiger partial charge on any atom is 1.00 e. The smallest absolute Gasteiger partial charge is 0.748 e. The summed E-state index contributed by atoms with van der Waals surface area (Å²) >= 11 is 0. The summed E-state index contributed by atoms with van der Waals surface area (Å²) in [6.07, 6.45) is 8.43. The van der Waals surface area contributed by atoms with E-state index in [0.29, 0.717) is 16.6 Å². The Morgan fingerprint density at radius 1 is 0.868 bits per heavy atom. The van der Waals surface area contributed by atoms with Gasteiger partial charge >= 0.3 is 103 Å². The van der Waals surface area contributed by atoms with Crippen LogP contribution in [0.15, 0.2) is 59.6 Å². The molecule has 0 radical (unpaired) electrons. The van der Waals surface area contributed by atoms with Crippen molar-refractivity contribution in [1.29, 1.82) is 0 Å². The number of benzene rings is 3. The molecule has 0 fully saturated rings. The zero-order valence-corrected chi connectivity index (χ0v) is 37.6. The van der Waals surface area contributed by atoms with Crippen LogP contribution in [0.25, 0.3) is 16.7 Å². The maximum atomic E-state index is 12.8. The second-order valence-corrected chi connectivity index (χ2v) is 16.3. The van der Waals surface area contributed by atoms with Gasteiger partial charge in [0.15, 0.2) is 0 Å². The molecule has 0 aromatic heterocycles. The van der Waals surface area contributed by atoms with Crippen molar-refractivity contribution in [3.63, 3.8) is 0 Å². The number of hydrogen-bond donors (Lipinski definition) is 2. The number of carbonyl (C=O) groups is 2. The third-order valence-electron chi connectivity index (χ3n) is 8.38. The number of hydrogen-bond acceptors (Lipinski definition) is 12. The van der Waals surface area contributed by atoms with Gasteiger partial charge in [-0.1, -0.05) is 24.1 Å². The SMILES string of the molecule is C#CCNC(=O)c1ccc(C2=c3cc4c(cc3Oc3cc5c(cc32)C(CS(=O)(=O)[O-])=CC(C)(C)N5)=NC(C)(C)C=C4CS(=O)(=O)[O-])c(C(=O)[O-])c1.[K+].[K+]. The molecular weight excluding hydrogens is 777 g/mol. The van der Waals surface area contributed by atoms with E-state index in [1.807, 2.05) is 0 Å². The number of nitrogens with zero attached hydrogens (tertiary/aromatic N) is 1. The Hall–Kier alpha value is -2.00. The summed E-state index contributed by atoms with van der Waals surface area (Å²) in [6, 6.07) is 10.2. The molecule has 13 nitrogen and oxygen atoms in total. The fourth-order valence-corrected chi connectivity index (χ4v) is 7.89. The number of anilines is 1. The van der Waals surface area contributed by atoms with Crippen LogP contribution in [0.4, 0.5) is 5.69 Å². The van der Waals surface area contributed by atoms with Gasteiger partial charge in [-0.05, 0) is 68.7 Å². The van der Waals surface area contributed by atoms with E-state index < -0.39 is 60.3 Å². The van der Waals surface area contributed by atoms with Crippen LogP contribution in [0.1, 0.15) is 70.7 Å². The van der Waals surface area contributed by atoms with E-state index in [-0.39, 0.29) is 165 Å². The minimum atomic E-state index is -4.75. The molecule has 0 unspecified atom stereocenters. The molecule has 0 saturated heterocycles. The van der Waals surface area contributed by atoms with E-state index >= 15 is 0 Å². The van der Waals surface area contributed by atoms with Crippen LogP contribution in [0, 0.1) is 12.3 Å². The average Bonchev–Trinajstić information content (AvgIpc) is 2.98. The van der Waals surface area contributed by atoms with Crippen LogP contribution in [0.2, 0.25) is 0 Å². The topological polar surface area (TPSA) is 217 Å². The zero-order chi connectivity index (χ0) is 37.3. The standard InChI is InChI=1S/C36H33N3O10S2.2K/c1-6-9-37-33(40)19-7-8-22(25(10-19)34(41)42)32-26-11-23-20(17-50(43,44)45)15-35(2,3)38-28(23)13-30(26)49-31-14-29-24(12-27(31)32)21(18-51(46,47)48)16-36(4,5)39-29;;/h1,7-8,10-16,38H,9,17-18H2,2-5H3,(H,37,40)(H,41,42)(H,43,44,45)(H,46,47,48);;/q;2*+1/p-3. The molecule has 0 aliphatic carbocycles. The minimum absolute atomic E-state index is 0. The fourth-order valence-electron chi connectivity index (χ4n) is 6.65. The molecule has 3 aliphatic heterocycles. The van der Waals surface area contributed by atoms with Crippen LogP contribution in [-0.2, 0) is 20.2 Å². The molecule has 17 heteroatoms. The number of carbonyl (C=O) groups excluding carboxylic acids is 2. The van der Waals surface area contributed by atoms with Crippen LogP contribution < -0.4 is 134 Å². The fraction of sp³-hybridized carbons (Fsp3) is 0.250. The first-order valence-electron chi connectivity index (χ1n) is 15.5. The van der Waals surface area contributed by atoms with Crippen molar-refractivity contribution in [2.24, 2.45) is 4.99 Å². The number of terminal acetylenes is 1. The third-order valence-corrected chi connectivity index (χ3v) is 9.71. The Balaban J connectivity index is 0.00000314. The molecule has 264 valence electrons. The van der Waals surface area contributed by atoms with E-state index in [9.17, 15) is 40.6 Å². The quantitative estimate of drug-likeness (QED) is 0.0980. The van der Waals surface area contributed by atoms with Gasteiger partial charge in [0.25, 0.3) is 5.91 Å². The van der Waals surface area contributed by atoms with Crippen LogP contribution in [-0.4, -0.2) is 66.9 Å². The molecule has 53 heavy (non-hydrogen) atoms. The molecule has 2 N–H and O–H groups in total. The van der Waals surface area contributed by atoms with Crippen LogP contribution in [0.3, 0.4) is 0 Å². The molecule has 3 heterocycles. The normalized spacial score (nSPS) is 16.0. The van der Waals surface area contributed by atoms with Crippen molar-refractivity contribution < 1.29 is 148 Å². The molecule has 3 aromatic rings. The molecule has 6 rings (SSSR count). The van der Waals surface area contributed by atoms with Crippen molar-refractivity contribution in [2.75, 3.05) is 23.4 Å². The number of rotatable bonds is 8. The number of aromatic carboxylic acids is 1. The molecule has 3 aromatic carbocycles. The van der Waals surface area contributed by atoms with E-state index in [0.717, 1.165) is 6.07 Å². The largest absolute Gasteiger partial charge is 1.00 e. The number of ether oxygens (including phenoxy) is 1. The van der Waals surface area contributed by atoms with Gasteiger partial charge in [0.1, 0.15) is 11.5 Å². The van der Waals surface area contributed by atoms with Crippen molar-refractivity contribution in [2.45, 2.75) is 38.8 Å². The molecule has 0 spiro atoms. The van der Waals surface area contributed by atoms with Crippen molar-refractivity contribution >= 4 is 54.5 Å². The summed E-state index contributed by atoms with van der Waals surface area (Å²) in [5.74, 6) is -1.25. The number of fused-ring (bicyclic) bond motifs is 4. The van der Waals surface area contributed by atoms with Gasteiger partial charge in [-0.2, -0.15) is 0 Å².